The average Bonchev–Trinajstić information content (AvgIpc) is 2.50. The molecule has 0 aliphatic carbocycles. The minimum Gasteiger partial charge on any atom is -0.481 e. The third-order valence-corrected chi connectivity index (χ3v) is 3.48. The van der Waals surface area contributed by atoms with Crippen molar-refractivity contribution in [2.45, 2.75) is 26.0 Å². The molecule has 0 saturated carbocycles. The first-order chi connectivity index (χ1) is 10.5. The van der Waals surface area contributed by atoms with Crippen molar-refractivity contribution < 1.29 is 13.9 Å². The average molecular weight is 322 g/mol. The van der Waals surface area contributed by atoms with Crippen LogP contribution in [0, 0.1) is 5.82 Å². The van der Waals surface area contributed by atoms with E-state index in [0.717, 1.165) is 5.56 Å². The second kappa shape index (κ2) is 7.27. The molecule has 0 spiro atoms. The van der Waals surface area contributed by atoms with Crippen molar-refractivity contribution in [3.8, 4) is 5.75 Å². The van der Waals surface area contributed by atoms with Crippen LogP contribution in [-0.4, -0.2) is 12.0 Å². The Balaban J connectivity index is 1.93. The highest BCUT2D eigenvalue weighted by Crippen LogP contribution is 2.17. The van der Waals surface area contributed by atoms with Crippen LogP contribution in [0.15, 0.2) is 48.5 Å². The van der Waals surface area contributed by atoms with Gasteiger partial charge in [0.05, 0.1) is 6.04 Å². The van der Waals surface area contributed by atoms with Crippen LogP contribution in [-0.2, 0) is 4.79 Å². The highest BCUT2D eigenvalue weighted by Gasteiger charge is 2.17. The van der Waals surface area contributed by atoms with E-state index < -0.39 is 6.10 Å². The van der Waals surface area contributed by atoms with E-state index in [-0.39, 0.29) is 17.8 Å². The molecule has 1 N–H and O–H groups in total. The van der Waals surface area contributed by atoms with Gasteiger partial charge < -0.3 is 10.1 Å². The molecule has 3 nitrogen and oxygen atoms in total. The summed E-state index contributed by atoms with van der Waals surface area (Å²) < 4.78 is 18.5. The number of hydrogen-bond donors (Lipinski definition) is 1. The number of hydrogen-bond acceptors (Lipinski definition) is 2. The molecule has 0 aliphatic rings. The van der Waals surface area contributed by atoms with Gasteiger partial charge in [0.15, 0.2) is 6.10 Å². The van der Waals surface area contributed by atoms with Crippen molar-refractivity contribution in [1.29, 1.82) is 0 Å². The highest BCUT2D eigenvalue weighted by atomic mass is 35.5. The lowest BCUT2D eigenvalue weighted by Crippen LogP contribution is -2.37. The number of benzene rings is 2. The summed E-state index contributed by atoms with van der Waals surface area (Å²) in [7, 11) is 0. The molecule has 0 radical (unpaired) electrons. The van der Waals surface area contributed by atoms with Crippen molar-refractivity contribution in [2.75, 3.05) is 0 Å². The molecule has 0 fully saturated rings. The summed E-state index contributed by atoms with van der Waals surface area (Å²) in [6.07, 6.45) is -0.649. The Kier molecular flexibility index (Phi) is 5.39. The van der Waals surface area contributed by atoms with Crippen molar-refractivity contribution in [2.24, 2.45) is 0 Å². The van der Waals surface area contributed by atoms with Crippen LogP contribution in [0.5, 0.6) is 5.75 Å². The second-order valence-corrected chi connectivity index (χ2v) is 5.43. The number of carbonyl (C=O) groups is 1. The summed E-state index contributed by atoms with van der Waals surface area (Å²) in [6, 6.07) is 12.6. The van der Waals surface area contributed by atoms with E-state index in [1.165, 1.54) is 12.1 Å². The predicted octanol–water partition coefficient (Wildman–Crippen LogP) is 4.12. The summed E-state index contributed by atoms with van der Waals surface area (Å²) in [4.78, 5) is 12.1. The third kappa shape index (κ3) is 4.46. The molecule has 2 aromatic rings. The number of ether oxygens (including phenoxy) is 1. The molecule has 0 bridgehead atoms. The van der Waals surface area contributed by atoms with E-state index in [0.29, 0.717) is 10.8 Å². The Morgan fingerprint density at radius 3 is 2.27 bits per heavy atom. The quantitative estimate of drug-likeness (QED) is 0.899. The van der Waals surface area contributed by atoms with Gasteiger partial charge >= 0.3 is 0 Å². The van der Waals surface area contributed by atoms with Gasteiger partial charge in [0.25, 0.3) is 5.91 Å². The first-order valence-electron chi connectivity index (χ1n) is 6.94. The van der Waals surface area contributed by atoms with Crippen molar-refractivity contribution in [1.82, 2.24) is 5.32 Å². The van der Waals surface area contributed by atoms with Gasteiger partial charge in [0, 0.05) is 5.02 Å². The monoisotopic (exact) mass is 321 g/mol. The van der Waals surface area contributed by atoms with E-state index in [2.05, 4.69) is 5.32 Å². The lowest BCUT2D eigenvalue weighted by Gasteiger charge is -2.19. The van der Waals surface area contributed by atoms with E-state index >= 15 is 0 Å². The van der Waals surface area contributed by atoms with Gasteiger partial charge in [-0.15, -0.1) is 0 Å². The van der Waals surface area contributed by atoms with Gasteiger partial charge in [-0.25, -0.2) is 4.39 Å². The maximum atomic E-state index is 12.9. The van der Waals surface area contributed by atoms with Crippen molar-refractivity contribution in [3.05, 3.63) is 64.9 Å². The molecular weight excluding hydrogens is 305 g/mol. The largest absolute Gasteiger partial charge is 0.481 e. The topological polar surface area (TPSA) is 38.3 Å². The van der Waals surface area contributed by atoms with Gasteiger partial charge in [0.1, 0.15) is 11.6 Å². The fourth-order valence-electron chi connectivity index (χ4n) is 1.94. The molecule has 2 rings (SSSR count). The fourth-order valence-corrected chi connectivity index (χ4v) is 2.06. The lowest BCUT2D eigenvalue weighted by atomic mass is 10.1. The lowest BCUT2D eigenvalue weighted by molar-refractivity contribution is -0.127. The van der Waals surface area contributed by atoms with Crippen LogP contribution in [0.25, 0.3) is 0 Å². The zero-order valence-corrected chi connectivity index (χ0v) is 13.1. The van der Waals surface area contributed by atoms with Crippen LogP contribution in [0.4, 0.5) is 4.39 Å². The zero-order chi connectivity index (χ0) is 16.1. The summed E-state index contributed by atoms with van der Waals surface area (Å²) in [6.45, 7) is 3.50. The number of halogens is 2. The van der Waals surface area contributed by atoms with Gasteiger partial charge in [0.2, 0.25) is 0 Å². The molecule has 22 heavy (non-hydrogen) atoms. The molecule has 2 atom stereocenters. The Morgan fingerprint density at radius 2 is 1.68 bits per heavy atom. The molecule has 0 aromatic heterocycles. The number of amides is 1. The normalized spacial score (nSPS) is 13.3. The molecule has 0 heterocycles. The second-order valence-electron chi connectivity index (χ2n) is 5.00. The summed E-state index contributed by atoms with van der Waals surface area (Å²) in [5, 5.41) is 3.44. The van der Waals surface area contributed by atoms with Crippen LogP contribution in [0.2, 0.25) is 5.02 Å². The van der Waals surface area contributed by atoms with E-state index in [4.69, 9.17) is 16.3 Å². The van der Waals surface area contributed by atoms with Gasteiger partial charge in [-0.1, -0.05) is 23.7 Å². The maximum Gasteiger partial charge on any atom is 0.261 e. The predicted molar refractivity (Wildman–Crippen MR) is 84.5 cm³/mol. The Morgan fingerprint density at radius 1 is 1.09 bits per heavy atom. The number of carbonyl (C=O) groups excluding carboxylic acids is 1. The fraction of sp³-hybridized carbons (Fsp3) is 0.235. The van der Waals surface area contributed by atoms with E-state index in [1.807, 2.05) is 6.92 Å². The number of rotatable bonds is 5. The molecular formula is C17H17ClFNO2. The Labute approximate surface area is 134 Å². The van der Waals surface area contributed by atoms with Crippen LogP contribution in [0.3, 0.4) is 0 Å². The first-order valence-corrected chi connectivity index (χ1v) is 7.31. The minimum absolute atomic E-state index is 0.232. The van der Waals surface area contributed by atoms with Gasteiger partial charge in [-0.3, -0.25) is 4.79 Å². The molecule has 2 aromatic carbocycles. The molecule has 2 unspecified atom stereocenters. The van der Waals surface area contributed by atoms with Crippen molar-refractivity contribution >= 4 is 17.5 Å². The van der Waals surface area contributed by atoms with E-state index in [1.54, 1.807) is 43.3 Å². The smallest absolute Gasteiger partial charge is 0.261 e. The minimum atomic E-state index is -0.649. The molecule has 5 heteroatoms. The Bertz CT molecular complexity index is 628. The van der Waals surface area contributed by atoms with Crippen LogP contribution >= 0.6 is 11.6 Å². The number of nitrogens with one attached hydrogen (secondary N) is 1. The molecule has 116 valence electrons. The van der Waals surface area contributed by atoms with Crippen molar-refractivity contribution in [3.63, 3.8) is 0 Å². The van der Waals surface area contributed by atoms with Crippen LogP contribution in [0.1, 0.15) is 25.5 Å². The van der Waals surface area contributed by atoms with Gasteiger partial charge in [-0.2, -0.15) is 0 Å². The highest BCUT2D eigenvalue weighted by molar-refractivity contribution is 6.30. The summed E-state index contributed by atoms with van der Waals surface area (Å²) >= 11 is 5.80. The first kappa shape index (κ1) is 16.3. The van der Waals surface area contributed by atoms with Gasteiger partial charge in [-0.05, 0) is 55.8 Å². The maximum absolute atomic E-state index is 12.9. The molecule has 0 saturated heterocycles. The van der Waals surface area contributed by atoms with E-state index in [9.17, 15) is 9.18 Å². The van der Waals surface area contributed by atoms with Crippen LogP contribution < -0.4 is 10.1 Å². The molecule has 1 amide bonds. The Hall–Kier alpha value is -2.07. The summed E-state index contributed by atoms with van der Waals surface area (Å²) in [5.74, 6) is 0.0231. The standard InChI is InChI=1S/C17H17ClFNO2/c1-11(13-3-7-15(19)8-4-13)20-17(21)12(2)22-16-9-5-14(18)6-10-16/h3-12H,1-2H3,(H,20,21). The SMILES string of the molecule is CC(Oc1ccc(Cl)cc1)C(=O)NC(C)c1ccc(F)cc1. The molecule has 0 aliphatic heterocycles. The third-order valence-electron chi connectivity index (χ3n) is 3.22. The zero-order valence-electron chi connectivity index (χ0n) is 12.3. The summed E-state index contributed by atoms with van der Waals surface area (Å²) in [5.41, 5.74) is 0.827.